The first-order chi connectivity index (χ1) is 16.0. The van der Waals surface area contributed by atoms with E-state index in [1.165, 1.54) is 24.3 Å². The second-order valence-electron chi connectivity index (χ2n) is 7.60. The summed E-state index contributed by atoms with van der Waals surface area (Å²) in [5.41, 5.74) is -1.49. The molecule has 0 atom stereocenters. The second-order valence-corrected chi connectivity index (χ2v) is 7.60. The van der Waals surface area contributed by atoms with Crippen molar-refractivity contribution in [3.63, 3.8) is 0 Å². The van der Waals surface area contributed by atoms with Gasteiger partial charge in [0.15, 0.2) is 5.82 Å². The van der Waals surface area contributed by atoms with Gasteiger partial charge < -0.3 is 9.09 Å². The van der Waals surface area contributed by atoms with E-state index in [0.29, 0.717) is 18.5 Å². The van der Waals surface area contributed by atoms with Gasteiger partial charge in [-0.3, -0.25) is 0 Å². The van der Waals surface area contributed by atoms with Crippen LogP contribution in [0.4, 0.5) is 26.3 Å². The molecule has 0 fully saturated rings. The van der Waals surface area contributed by atoms with Crippen LogP contribution in [0.15, 0.2) is 47.0 Å². The van der Waals surface area contributed by atoms with E-state index in [2.05, 4.69) is 10.1 Å². The molecule has 0 spiro atoms. The molecule has 4 rings (SSSR count). The molecular weight excluding hydrogens is 462 g/mol. The summed E-state index contributed by atoms with van der Waals surface area (Å²) in [6, 6.07) is 9.93. The van der Waals surface area contributed by atoms with Gasteiger partial charge in [-0.1, -0.05) is 24.6 Å². The summed E-state index contributed by atoms with van der Waals surface area (Å²) >= 11 is 0. The number of benzene rings is 2. The van der Waals surface area contributed by atoms with E-state index in [0.717, 1.165) is 18.2 Å². The van der Waals surface area contributed by atoms with Gasteiger partial charge in [0.25, 0.3) is 5.89 Å². The Bertz CT molecular complexity index is 1390. The van der Waals surface area contributed by atoms with Crippen molar-refractivity contribution in [2.45, 2.75) is 38.7 Å². The number of fused-ring (bicyclic) bond motifs is 1. The predicted molar refractivity (Wildman–Crippen MR) is 109 cm³/mol. The molecule has 2 aromatic heterocycles. The average Bonchev–Trinajstić information content (AvgIpc) is 3.37. The van der Waals surface area contributed by atoms with Gasteiger partial charge in [-0.15, -0.1) is 0 Å². The third-order valence-corrected chi connectivity index (χ3v) is 5.29. The predicted octanol–water partition coefficient (Wildman–Crippen LogP) is 6.60. The molecule has 34 heavy (non-hydrogen) atoms. The molecule has 4 aromatic rings. The van der Waals surface area contributed by atoms with Crippen molar-refractivity contribution in [3.8, 4) is 17.5 Å². The second kappa shape index (κ2) is 8.52. The molecule has 11 heteroatoms. The van der Waals surface area contributed by atoms with E-state index in [1.54, 1.807) is 10.6 Å². The smallest absolute Gasteiger partial charge is 0.337 e. The number of hydrogen-bond acceptors (Lipinski definition) is 4. The Morgan fingerprint density at radius 3 is 2.44 bits per heavy atom. The lowest BCUT2D eigenvalue weighted by Gasteiger charge is -2.11. The Labute approximate surface area is 189 Å². The average molecular weight is 478 g/mol. The van der Waals surface area contributed by atoms with Gasteiger partial charge in [0.2, 0.25) is 0 Å². The topological polar surface area (TPSA) is 67.6 Å². The Morgan fingerprint density at radius 2 is 1.79 bits per heavy atom. The fourth-order valence-electron chi connectivity index (χ4n) is 3.84. The zero-order chi connectivity index (χ0) is 24.7. The number of aromatic nitrogens is 3. The molecule has 0 bridgehead atoms. The minimum absolute atomic E-state index is 0.0650. The SMILES string of the molecule is CCCc1cc2c(C(F)(F)F)c(C#N)ccc2n1Cc1noc(-c2cccc(C(F)(F)F)c2)n1. The van der Waals surface area contributed by atoms with Gasteiger partial charge in [0.1, 0.15) is 0 Å². The normalized spacial score (nSPS) is 12.3. The van der Waals surface area contributed by atoms with Crippen molar-refractivity contribution in [2.24, 2.45) is 0 Å². The van der Waals surface area contributed by atoms with Crippen LogP contribution in [0.25, 0.3) is 22.4 Å². The van der Waals surface area contributed by atoms with Crippen LogP contribution in [0.3, 0.4) is 0 Å². The summed E-state index contributed by atoms with van der Waals surface area (Å²) in [7, 11) is 0. The summed E-state index contributed by atoms with van der Waals surface area (Å²) in [5, 5.41) is 12.9. The minimum Gasteiger partial charge on any atom is -0.337 e. The van der Waals surface area contributed by atoms with Gasteiger partial charge in [-0.05, 0) is 42.8 Å². The molecule has 0 aliphatic heterocycles. The maximum Gasteiger partial charge on any atom is 0.418 e. The van der Waals surface area contributed by atoms with Crippen molar-refractivity contribution in [3.05, 3.63) is 70.7 Å². The first kappa shape index (κ1) is 23.4. The quantitative estimate of drug-likeness (QED) is 0.303. The van der Waals surface area contributed by atoms with Crippen molar-refractivity contribution < 1.29 is 30.9 Å². The highest BCUT2D eigenvalue weighted by molar-refractivity contribution is 5.87. The number of rotatable bonds is 5. The highest BCUT2D eigenvalue weighted by Crippen LogP contribution is 2.39. The molecule has 0 saturated carbocycles. The fraction of sp³-hybridized carbons (Fsp3) is 0.261. The monoisotopic (exact) mass is 478 g/mol. The van der Waals surface area contributed by atoms with Crippen LogP contribution < -0.4 is 0 Å². The zero-order valence-corrected chi connectivity index (χ0v) is 17.6. The third kappa shape index (κ3) is 4.35. The number of nitrogens with zero attached hydrogens (tertiary/aromatic N) is 4. The molecular formula is C23H16F6N4O. The lowest BCUT2D eigenvalue weighted by molar-refractivity contribution is -0.138. The molecule has 0 radical (unpaired) electrons. The first-order valence-electron chi connectivity index (χ1n) is 10.2. The molecule has 0 unspecified atom stereocenters. The van der Waals surface area contributed by atoms with Crippen LogP contribution in [0.5, 0.6) is 0 Å². The van der Waals surface area contributed by atoms with E-state index in [1.807, 2.05) is 6.92 Å². The summed E-state index contributed by atoms with van der Waals surface area (Å²) in [6.45, 7) is 1.80. The Balaban J connectivity index is 1.77. The fourth-order valence-corrected chi connectivity index (χ4v) is 3.84. The maximum absolute atomic E-state index is 13.7. The Morgan fingerprint density at radius 1 is 1.03 bits per heavy atom. The molecule has 0 N–H and O–H groups in total. The van der Waals surface area contributed by atoms with Gasteiger partial charge in [-0.2, -0.15) is 36.6 Å². The van der Waals surface area contributed by atoms with Crippen molar-refractivity contribution in [1.82, 2.24) is 14.7 Å². The van der Waals surface area contributed by atoms with E-state index in [9.17, 15) is 31.6 Å². The van der Waals surface area contributed by atoms with Gasteiger partial charge in [0, 0.05) is 22.2 Å². The molecule has 2 aromatic carbocycles. The first-order valence-corrected chi connectivity index (χ1v) is 10.2. The van der Waals surface area contributed by atoms with Crippen LogP contribution in [-0.2, 0) is 25.3 Å². The van der Waals surface area contributed by atoms with E-state index >= 15 is 0 Å². The summed E-state index contributed by atoms with van der Waals surface area (Å²) in [4.78, 5) is 4.15. The van der Waals surface area contributed by atoms with Crippen LogP contribution in [0, 0.1) is 11.3 Å². The summed E-state index contributed by atoms with van der Waals surface area (Å²) in [6.07, 6.45) is -8.18. The van der Waals surface area contributed by atoms with Crippen LogP contribution in [0.2, 0.25) is 0 Å². The Hall–Kier alpha value is -3.81. The highest BCUT2D eigenvalue weighted by atomic mass is 19.4. The van der Waals surface area contributed by atoms with E-state index < -0.39 is 29.0 Å². The number of aryl methyl sites for hydroxylation is 1. The Kier molecular flexibility index (Phi) is 5.85. The lowest BCUT2D eigenvalue weighted by Crippen LogP contribution is -2.09. The number of halogens is 6. The molecule has 2 heterocycles. The molecule has 0 aliphatic rings. The van der Waals surface area contributed by atoms with Crippen molar-refractivity contribution in [1.29, 1.82) is 5.26 Å². The van der Waals surface area contributed by atoms with Crippen LogP contribution in [-0.4, -0.2) is 14.7 Å². The number of alkyl halides is 6. The van der Waals surface area contributed by atoms with Gasteiger partial charge in [-0.25, -0.2) is 0 Å². The van der Waals surface area contributed by atoms with Crippen LogP contribution >= 0.6 is 0 Å². The molecule has 0 aliphatic carbocycles. The molecule has 5 nitrogen and oxygen atoms in total. The van der Waals surface area contributed by atoms with E-state index in [4.69, 9.17) is 4.52 Å². The van der Waals surface area contributed by atoms with Gasteiger partial charge in [0.05, 0.1) is 29.3 Å². The number of nitriles is 1. The lowest BCUT2D eigenvalue weighted by atomic mass is 10.0. The summed E-state index contributed by atoms with van der Waals surface area (Å²) in [5.74, 6) is -0.0578. The summed E-state index contributed by atoms with van der Waals surface area (Å²) < 4.78 is 87.0. The van der Waals surface area contributed by atoms with E-state index in [-0.39, 0.29) is 34.7 Å². The standard InChI is InChI=1S/C23H16F6N4O/c1-2-4-16-10-17-18(8-7-14(11-30)20(17)23(27,28)29)33(16)12-19-31-21(34-32-19)13-5-3-6-15(9-13)22(24,25)26/h3,5-10H,2,4,12H2,1H3. The maximum atomic E-state index is 13.7. The zero-order valence-electron chi connectivity index (χ0n) is 17.6. The van der Waals surface area contributed by atoms with Crippen molar-refractivity contribution in [2.75, 3.05) is 0 Å². The molecule has 0 saturated heterocycles. The number of hydrogen-bond donors (Lipinski definition) is 0. The highest BCUT2D eigenvalue weighted by Gasteiger charge is 2.37. The van der Waals surface area contributed by atoms with Gasteiger partial charge >= 0.3 is 12.4 Å². The van der Waals surface area contributed by atoms with Crippen molar-refractivity contribution >= 4 is 10.9 Å². The molecule has 0 amide bonds. The third-order valence-electron chi connectivity index (χ3n) is 5.29. The minimum atomic E-state index is -4.73. The largest absolute Gasteiger partial charge is 0.418 e. The molecule has 176 valence electrons. The van der Waals surface area contributed by atoms with Crippen LogP contribution in [0.1, 0.15) is 41.6 Å².